The summed E-state index contributed by atoms with van der Waals surface area (Å²) in [4.78, 5) is 26.7. The number of hydrogen-bond acceptors (Lipinski definition) is 3. The topological polar surface area (TPSA) is 70.1 Å². The summed E-state index contributed by atoms with van der Waals surface area (Å²) in [6.07, 6.45) is 2.02. The van der Waals surface area contributed by atoms with Gasteiger partial charge in [0.1, 0.15) is 0 Å². The molecule has 0 saturated carbocycles. The van der Waals surface area contributed by atoms with E-state index in [-0.39, 0.29) is 18.7 Å². The Labute approximate surface area is 120 Å². The van der Waals surface area contributed by atoms with E-state index in [2.05, 4.69) is 0 Å². The average Bonchev–Trinajstić information content (AvgIpc) is 2.44. The summed E-state index contributed by atoms with van der Waals surface area (Å²) in [6.45, 7) is 8.19. The first-order chi connectivity index (χ1) is 9.49. The van der Waals surface area contributed by atoms with Gasteiger partial charge in [0.05, 0.1) is 12.0 Å². The van der Waals surface area contributed by atoms with Gasteiger partial charge in [-0.2, -0.15) is 0 Å². The van der Waals surface area contributed by atoms with Gasteiger partial charge in [-0.1, -0.05) is 6.92 Å². The molecular formula is C14H26N2O4. The molecule has 1 aliphatic rings. The van der Waals surface area contributed by atoms with Crippen LogP contribution in [0.25, 0.3) is 0 Å². The van der Waals surface area contributed by atoms with Gasteiger partial charge < -0.3 is 19.6 Å². The molecule has 2 unspecified atom stereocenters. The van der Waals surface area contributed by atoms with Crippen molar-refractivity contribution in [2.24, 2.45) is 5.92 Å². The molecule has 0 spiro atoms. The van der Waals surface area contributed by atoms with E-state index < -0.39 is 11.9 Å². The minimum Gasteiger partial charge on any atom is -0.481 e. The Morgan fingerprint density at radius 2 is 2.15 bits per heavy atom. The van der Waals surface area contributed by atoms with Crippen LogP contribution in [-0.4, -0.2) is 65.8 Å². The van der Waals surface area contributed by atoms with Crippen molar-refractivity contribution in [1.29, 1.82) is 0 Å². The van der Waals surface area contributed by atoms with E-state index in [1.807, 2.05) is 13.8 Å². The maximum Gasteiger partial charge on any atom is 0.320 e. The molecule has 0 aromatic rings. The molecule has 0 radical (unpaired) electrons. The molecule has 0 aromatic heterocycles. The molecule has 2 amide bonds. The second-order valence-corrected chi connectivity index (χ2v) is 5.23. The van der Waals surface area contributed by atoms with Gasteiger partial charge in [0, 0.05) is 32.8 Å². The van der Waals surface area contributed by atoms with E-state index in [1.165, 1.54) is 0 Å². The van der Waals surface area contributed by atoms with Gasteiger partial charge >= 0.3 is 12.0 Å². The molecule has 0 aromatic carbocycles. The molecule has 2 atom stereocenters. The maximum absolute atomic E-state index is 12.4. The number of carboxylic acids is 1. The van der Waals surface area contributed by atoms with Crippen LogP contribution in [0.4, 0.5) is 4.79 Å². The minimum absolute atomic E-state index is 0.0787. The summed E-state index contributed by atoms with van der Waals surface area (Å²) in [5.41, 5.74) is 0. The first kappa shape index (κ1) is 16.8. The van der Waals surface area contributed by atoms with Crippen molar-refractivity contribution < 1.29 is 19.4 Å². The summed E-state index contributed by atoms with van der Waals surface area (Å²) in [6, 6.07) is -0.0787. The Balaban J connectivity index is 2.58. The predicted octanol–water partition coefficient (Wildman–Crippen LogP) is 1.65. The minimum atomic E-state index is -0.873. The standard InChI is InChI=1S/C14H26N2O4/c1-4-15(9-11(3)13(17)18)14(19)16-8-6-7-12(10-16)20-5-2/h11-12H,4-10H2,1-3H3,(H,17,18). The second-order valence-electron chi connectivity index (χ2n) is 5.23. The number of nitrogens with zero attached hydrogens (tertiary/aromatic N) is 2. The summed E-state index contributed by atoms with van der Waals surface area (Å²) < 4.78 is 5.59. The third kappa shape index (κ3) is 4.67. The average molecular weight is 286 g/mol. The lowest BCUT2D eigenvalue weighted by molar-refractivity contribution is -0.141. The van der Waals surface area contributed by atoms with E-state index in [0.717, 1.165) is 19.4 Å². The number of hydrogen-bond donors (Lipinski definition) is 1. The monoisotopic (exact) mass is 286 g/mol. The first-order valence-electron chi connectivity index (χ1n) is 7.37. The molecule has 1 rings (SSSR count). The number of amides is 2. The van der Waals surface area contributed by atoms with Gasteiger partial charge in [-0.3, -0.25) is 4.79 Å². The predicted molar refractivity (Wildman–Crippen MR) is 75.7 cm³/mol. The van der Waals surface area contributed by atoms with Crippen LogP contribution in [0.5, 0.6) is 0 Å². The number of carboxylic acid groups (broad SMARTS) is 1. The van der Waals surface area contributed by atoms with Crippen molar-refractivity contribution in [3.05, 3.63) is 0 Å². The quantitative estimate of drug-likeness (QED) is 0.806. The number of rotatable bonds is 6. The van der Waals surface area contributed by atoms with Crippen LogP contribution in [0, 0.1) is 5.92 Å². The zero-order chi connectivity index (χ0) is 15.1. The molecule has 1 saturated heterocycles. The highest BCUT2D eigenvalue weighted by Crippen LogP contribution is 2.15. The molecule has 1 aliphatic heterocycles. The van der Waals surface area contributed by atoms with Gasteiger partial charge in [-0.15, -0.1) is 0 Å². The van der Waals surface area contributed by atoms with E-state index in [9.17, 15) is 9.59 Å². The zero-order valence-corrected chi connectivity index (χ0v) is 12.7. The lowest BCUT2D eigenvalue weighted by atomic mass is 10.1. The molecule has 6 heteroatoms. The van der Waals surface area contributed by atoms with Crippen LogP contribution in [0.15, 0.2) is 0 Å². The molecule has 0 bridgehead atoms. The van der Waals surface area contributed by atoms with Crippen molar-refractivity contribution >= 4 is 12.0 Å². The van der Waals surface area contributed by atoms with Crippen LogP contribution < -0.4 is 0 Å². The van der Waals surface area contributed by atoms with E-state index in [1.54, 1.807) is 16.7 Å². The Morgan fingerprint density at radius 3 is 2.70 bits per heavy atom. The highest BCUT2D eigenvalue weighted by atomic mass is 16.5. The molecule has 0 aliphatic carbocycles. The van der Waals surface area contributed by atoms with Crippen LogP contribution >= 0.6 is 0 Å². The zero-order valence-electron chi connectivity index (χ0n) is 12.7. The molecular weight excluding hydrogens is 260 g/mol. The number of carbonyl (C=O) groups excluding carboxylic acids is 1. The van der Waals surface area contributed by atoms with Gasteiger partial charge in [-0.25, -0.2) is 4.79 Å². The highest BCUT2D eigenvalue weighted by molar-refractivity contribution is 5.76. The van der Waals surface area contributed by atoms with Gasteiger partial charge in [0.2, 0.25) is 0 Å². The smallest absolute Gasteiger partial charge is 0.320 e. The molecule has 6 nitrogen and oxygen atoms in total. The number of likely N-dealkylation sites (tertiary alicyclic amines) is 1. The lowest BCUT2D eigenvalue weighted by Gasteiger charge is -2.36. The molecule has 20 heavy (non-hydrogen) atoms. The fourth-order valence-corrected chi connectivity index (χ4v) is 2.43. The third-order valence-electron chi connectivity index (χ3n) is 3.62. The molecule has 1 heterocycles. The summed E-state index contributed by atoms with van der Waals surface area (Å²) in [5.74, 6) is -1.42. The number of ether oxygens (including phenoxy) is 1. The SMILES string of the molecule is CCOC1CCCN(C(=O)N(CC)CC(C)C(=O)O)C1. The summed E-state index contributed by atoms with van der Waals surface area (Å²) in [5, 5.41) is 8.96. The maximum atomic E-state index is 12.4. The lowest BCUT2D eigenvalue weighted by Crippen LogP contribution is -2.50. The van der Waals surface area contributed by atoms with Gasteiger partial charge in [-0.05, 0) is 26.7 Å². The van der Waals surface area contributed by atoms with E-state index in [4.69, 9.17) is 9.84 Å². The number of urea groups is 1. The fraction of sp³-hybridized carbons (Fsp3) is 0.857. The van der Waals surface area contributed by atoms with Gasteiger partial charge in [0.25, 0.3) is 0 Å². The van der Waals surface area contributed by atoms with Crippen LogP contribution in [0.2, 0.25) is 0 Å². The largest absolute Gasteiger partial charge is 0.481 e. The number of aliphatic carboxylic acids is 1. The second kappa shape index (κ2) is 8.09. The van der Waals surface area contributed by atoms with Crippen molar-refractivity contribution in [3.63, 3.8) is 0 Å². The first-order valence-corrected chi connectivity index (χ1v) is 7.37. The van der Waals surface area contributed by atoms with E-state index in [0.29, 0.717) is 19.7 Å². The fourth-order valence-electron chi connectivity index (χ4n) is 2.43. The Kier molecular flexibility index (Phi) is 6.78. The Hall–Kier alpha value is -1.30. The van der Waals surface area contributed by atoms with E-state index >= 15 is 0 Å². The molecule has 1 fully saturated rings. The summed E-state index contributed by atoms with van der Waals surface area (Å²) >= 11 is 0. The van der Waals surface area contributed by atoms with Crippen molar-refractivity contribution in [1.82, 2.24) is 9.80 Å². The van der Waals surface area contributed by atoms with Crippen LogP contribution in [0.3, 0.4) is 0 Å². The van der Waals surface area contributed by atoms with Crippen LogP contribution in [0.1, 0.15) is 33.6 Å². The number of piperidine rings is 1. The Morgan fingerprint density at radius 1 is 1.45 bits per heavy atom. The summed E-state index contributed by atoms with van der Waals surface area (Å²) in [7, 11) is 0. The third-order valence-corrected chi connectivity index (χ3v) is 3.62. The highest BCUT2D eigenvalue weighted by Gasteiger charge is 2.28. The molecule has 1 N–H and O–H groups in total. The van der Waals surface area contributed by atoms with Crippen molar-refractivity contribution in [3.8, 4) is 0 Å². The van der Waals surface area contributed by atoms with Crippen molar-refractivity contribution in [2.45, 2.75) is 39.7 Å². The van der Waals surface area contributed by atoms with Crippen LogP contribution in [-0.2, 0) is 9.53 Å². The number of carbonyl (C=O) groups is 2. The Bertz CT molecular complexity index is 333. The van der Waals surface area contributed by atoms with Gasteiger partial charge in [0.15, 0.2) is 0 Å². The molecule has 116 valence electrons. The van der Waals surface area contributed by atoms with Crippen molar-refractivity contribution in [2.75, 3.05) is 32.8 Å². The normalized spacial score (nSPS) is 20.6.